The molecule has 4 nitrogen and oxygen atoms in total. The molecule has 3 rings (SSSR count). The van der Waals surface area contributed by atoms with Crippen LogP contribution in [0.2, 0.25) is 0 Å². The van der Waals surface area contributed by atoms with Gasteiger partial charge in [0.05, 0.1) is 0 Å². The van der Waals surface area contributed by atoms with E-state index in [9.17, 15) is 9.50 Å². The van der Waals surface area contributed by atoms with Crippen molar-refractivity contribution in [2.45, 2.75) is 0 Å². The Morgan fingerprint density at radius 1 is 1.18 bits per heavy atom. The van der Waals surface area contributed by atoms with Crippen molar-refractivity contribution in [1.29, 1.82) is 0 Å². The fraction of sp³-hybridized carbons (Fsp3) is 0. The number of aromatic hydroxyl groups is 1. The molecule has 0 aliphatic heterocycles. The van der Waals surface area contributed by atoms with Crippen LogP contribution in [0.1, 0.15) is 0 Å². The minimum atomic E-state index is -0.590. The van der Waals surface area contributed by atoms with Crippen molar-refractivity contribution in [3.8, 4) is 17.2 Å². The van der Waals surface area contributed by atoms with E-state index in [1.807, 2.05) is 0 Å². The number of pyridine rings is 1. The Kier molecular flexibility index (Phi) is 2.04. The zero-order valence-electron chi connectivity index (χ0n) is 8.59. The lowest BCUT2D eigenvalue weighted by molar-refractivity contribution is 0.474. The van der Waals surface area contributed by atoms with Gasteiger partial charge < -0.3 is 9.52 Å². The summed E-state index contributed by atoms with van der Waals surface area (Å²) in [4.78, 5) is 7.65. The number of benzene rings is 1. The van der Waals surface area contributed by atoms with Gasteiger partial charge in [-0.05, 0) is 18.2 Å². The van der Waals surface area contributed by atoms with E-state index in [0.29, 0.717) is 22.6 Å². The van der Waals surface area contributed by atoms with Gasteiger partial charge in [0.15, 0.2) is 5.58 Å². The Morgan fingerprint density at radius 2 is 2.06 bits per heavy atom. The summed E-state index contributed by atoms with van der Waals surface area (Å²) in [6.45, 7) is 0. The minimum absolute atomic E-state index is 0.0982. The second-order valence-corrected chi connectivity index (χ2v) is 3.54. The zero-order chi connectivity index (χ0) is 11.8. The van der Waals surface area contributed by atoms with Gasteiger partial charge in [0, 0.05) is 23.9 Å². The van der Waals surface area contributed by atoms with Crippen molar-refractivity contribution < 1.29 is 13.9 Å². The van der Waals surface area contributed by atoms with Gasteiger partial charge in [-0.3, -0.25) is 0 Å². The molecule has 0 saturated heterocycles. The van der Waals surface area contributed by atoms with Gasteiger partial charge in [-0.15, -0.1) is 0 Å². The van der Waals surface area contributed by atoms with E-state index >= 15 is 0 Å². The molecule has 0 aliphatic carbocycles. The first-order valence-corrected chi connectivity index (χ1v) is 4.94. The molecule has 84 valence electrons. The first-order chi connectivity index (χ1) is 8.22. The maximum Gasteiger partial charge on any atom is 0.227 e. The predicted molar refractivity (Wildman–Crippen MR) is 58.9 cm³/mol. The molecule has 0 atom stereocenters. The summed E-state index contributed by atoms with van der Waals surface area (Å²) in [7, 11) is 0. The van der Waals surface area contributed by atoms with Crippen LogP contribution in [0, 0.1) is 5.95 Å². The Bertz CT molecular complexity index is 694. The highest BCUT2D eigenvalue weighted by atomic mass is 18.2. The predicted octanol–water partition coefficient (Wildman–Crippen LogP) is 2.73. The maximum absolute atomic E-state index is 13.0. The SMILES string of the molecule is Oc1ccc2nc(-c3ccnc([18F])c3)oc2c1. The van der Waals surface area contributed by atoms with Crippen LogP contribution in [-0.4, -0.2) is 15.1 Å². The van der Waals surface area contributed by atoms with Crippen LogP contribution >= 0.6 is 0 Å². The van der Waals surface area contributed by atoms with E-state index in [0.717, 1.165) is 0 Å². The lowest BCUT2D eigenvalue weighted by Gasteiger charge is -1.93. The number of aromatic nitrogens is 2. The molecule has 0 bridgehead atoms. The molecule has 3 aromatic rings. The highest BCUT2D eigenvalue weighted by Crippen LogP contribution is 2.26. The zero-order valence-corrected chi connectivity index (χ0v) is 8.59. The van der Waals surface area contributed by atoms with E-state index < -0.39 is 5.95 Å². The van der Waals surface area contributed by atoms with E-state index in [1.165, 1.54) is 24.4 Å². The Balaban J connectivity index is 2.18. The molecule has 1 aromatic carbocycles. The van der Waals surface area contributed by atoms with Gasteiger partial charge in [0.2, 0.25) is 11.8 Å². The van der Waals surface area contributed by atoms with Gasteiger partial charge in [-0.2, -0.15) is 4.39 Å². The Hall–Kier alpha value is -2.43. The Morgan fingerprint density at radius 3 is 2.88 bits per heavy atom. The molecule has 5 heteroatoms. The number of halogens is 1. The summed E-state index contributed by atoms with van der Waals surface area (Å²) in [5.74, 6) is -0.194. The monoisotopic (exact) mass is 229 g/mol. The summed E-state index contributed by atoms with van der Waals surface area (Å²) in [5.41, 5.74) is 1.57. The van der Waals surface area contributed by atoms with Gasteiger partial charge in [0.25, 0.3) is 0 Å². The average Bonchev–Trinajstić information content (AvgIpc) is 2.72. The number of hydrogen-bond acceptors (Lipinski definition) is 4. The van der Waals surface area contributed by atoms with Crippen LogP contribution in [0.4, 0.5) is 4.39 Å². The second kappa shape index (κ2) is 3.55. The molecule has 2 heterocycles. The smallest absolute Gasteiger partial charge is 0.227 e. The first-order valence-electron chi connectivity index (χ1n) is 4.94. The molecule has 0 radical (unpaired) electrons. The van der Waals surface area contributed by atoms with E-state index in [1.54, 1.807) is 12.1 Å². The van der Waals surface area contributed by atoms with Crippen molar-refractivity contribution in [2.75, 3.05) is 0 Å². The molecular formula is C12H7FN2O2. The normalized spacial score (nSPS) is 10.9. The molecule has 17 heavy (non-hydrogen) atoms. The fourth-order valence-corrected chi connectivity index (χ4v) is 1.57. The molecule has 0 aliphatic rings. The van der Waals surface area contributed by atoms with Crippen LogP contribution < -0.4 is 0 Å². The summed E-state index contributed by atoms with van der Waals surface area (Å²) in [5, 5.41) is 9.30. The molecule has 0 unspecified atom stereocenters. The van der Waals surface area contributed by atoms with Crippen LogP contribution in [0.5, 0.6) is 5.75 Å². The van der Waals surface area contributed by atoms with Gasteiger partial charge in [0.1, 0.15) is 11.3 Å². The fourth-order valence-electron chi connectivity index (χ4n) is 1.57. The van der Waals surface area contributed by atoms with Crippen molar-refractivity contribution in [3.05, 3.63) is 42.5 Å². The summed E-state index contributed by atoms with van der Waals surface area (Å²) < 4.78 is 18.4. The number of hydrogen-bond donors (Lipinski definition) is 1. The lowest BCUT2D eigenvalue weighted by Crippen LogP contribution is -1.83. The molecule has 0 amide bonds. The number of oxazole rings is 1. The summed E-state index contributed by atoms with van der Waals surface area (Å²) in [6, 6.07) is 7.46. The van der Waals surface area contributed by atoms with Crippen molar-refractivity contribution in [1.82, 2.24) is 9.97 Å². The van der Waals surface area contributed by atoms with Crippen molar-refractivity contribution in [3.63, 3.8) is 0 Å². The molecule has 0 spiro atoms. The van der Waals surface area contributed by atoms with E-state index in [4.69, 9.17) is 4.42 Å². The number of nitrogens with zero attached hydrogens (tertiary/aromatic N) is 2. The van der Waals surface area contributed by atoms with Crippen LogP contribution in [0.25, 0.3) is 22.6 Å². The topological polar surface area (TPSA) is 59.2 Å². The largest absolute Gasteiger partial charge is 0.508 e. The van der Waals surface area contributed by atoms with E-state index in [2.05, 4.69) is 9.97 Å². The van der Waals surface area contributed by atoms with Crippen LogP contribution in [0.15, 0.2) is 40.9 Å². The van der Waals surface area contributed by atoms with Gasteiger partial charge in [-0.25, -0.2) is 9.97 Å². The standard InChI is InChI=1S/C12H7FN2O2/c13-11-5-7(3-4-14-11)12-15-9-2-1-8(16)6-10(9)17-12/h1-6,16H/i13-1. The number of phenolic OH excluding ortho intramolecular Hbond substituents is 1. The summed E-state index contributed by atoms with van der Waals surface area (Å²) >= 11 is 0. The number of phenols is 1. The second-order valence-electron chi connectivity index (χ2n) is 3.54. The lowest BCUT2D eigenvalue weighted by atomic mass is 10.3. The quantitative estimate of drug-likeness (QED) is 0.652. The van der Waals surface area contributed by atoms with Crippen LogP contribution in [-0.2, 0) is 0 Å². The number of rotatable bonds is 1. The van der Waals surface area contributed by atoms with Crippen molar-refractivity contribution >= 4 is 11.1 Å². The molecular weight excluding hydrogens is 222 g/mol. The number of fused-ring (bicyclic) bond motifs is 1. The molecule has 0 fully saturated rings. The summed E-state index contributed by atoms with van der Waals surface area (Å²) in [6.07, 6.45) is 1.34. The molecule has 1 N–H and O–H groups in total. The third-order valence-electron chi connectivity index (χ3n) is 2.35. The average molecular weight is 229 g/mol. The molecule has 2 aromatic heterocycles. The van der Waals surface area contributed by atoms with Crippen molar-refractivity contribution in [2.24, 2.45) is 0 Å². The highest BCUT2D eigenvalue weighted by Gasteiger charge is 2.09. The minimum Gasteiger partial charge on any atom is -0.508 e. The first kappa shape index (κ1) is 9.77. The third kappa shape index (κ3) is 1.71. The van der Waals surface area contributed by atoms with Crippen LogP contribution in [0.3, 0.4) is 0 Å². The third-order valence-corrected chi connectivity index (χ3v) is 2.35. The maximum atomic E-state index is 13.0. The van der Waals surface area contributed by atoms with Gasteiger partial charge >= 0.3 is 0 Å². The van der Waals surface area contributed by atoms with E-state index in [-0.39, 0.29) is 5.75 Å². The molecule has 0 saturated carbocycles. The Labute approximate surface area is 95.4 Å². The highest BCUT2D eigenvalue weighted by molar-refractivity contribution is 5.77. The van der Waals surface area contributed by atoms with Gasteiger partial charge in [-0.1, -0.05) is 0 Å².